The van der Waals surface area contributed by atoms with Crippen LogP contribution in [-0.2, 0) is 4.74 Å². The maximum Gasteiger partial charge on any atom is 0.411 e. The van der Waals surface area contributed by atoms with Gasteiger partial charge in [-0.3, -0.25) is 14.9 Å². The van der Waals surface area contributed by atoms with Gasteiger partial charge in [-0.25, -0.2) is 4.79 Å². The van der Waals surface area contributed by atoms with E-state index in [1.54, 1.807) is 12.1 Å². The van der Waals surface area contributed by atoms with E-state index in [1.165, 1.54) is 31.4 Å². The van der Waals surface area contributed by atoms with E-state index in [9.17, 15) is 19.5 Å². The average molecular weight is 297 g/mol. The highest BCUT2D eigenvalue weighted by Gasteiger charge is 2.34. The Labute approximate surface area is 125 Å². The molecule has 110 valence electrons. The van der Waals surface area contributed by atoms with Crippen LogP contribution in [0.5, 0.6) is 5.75 Å². The minimum atomic E-state index is -0.771. The van der Waals surface area contributed by atoms with Gasteiger partial charge in [-0.2, -0.15) is 0 Å². The summed E-state index contributed by atoms with van der Waals surface area (Å²) in [6.07, 6.45) is -0.771. The predicted molar refractivity (Wildman–Crippen MR) is 77.4 cm³/mol. The highest BCUT2D eigenvalue weighted by atomic mass is 16.5. The Bertz CT molecular complexity index is 825. The molecule has 0 aliphatic heterocycles. The molecule has 0 radical (unpaired) electrons. The first-order valence-electron chi connectivity index (χ1n) is 6.44. The van der Waals surface area contributed by atoms with Crippen LogP contribution in [0.15, 0.2) is 36.4 Å². The molecule has 1 aliphatic rings. The summed E-state index contributed by atoms with van der Waals surface area (Å²) in [5.41, 5.74) is 0.434. The number of methoxy groups -OCH3 is 1. The van der Waals surface area contributed by atoms with Gasteiger partial charge in [0.05, 0.1) is 23.9 Å². The van der Waals surface area contributed by atoms with E-state index in [0.717, 1.165) is 0 Å². The molecule has 1 aliphatic carbocycles. The van der Waals surface area contributed by atoms with E-state index in [-0.39, 0.29) is 33.7 Å². The lowest BCUT2D eigenvalue weighted by atomic mass is 9.82. The molecule has 2 aromatic rings. The van der Waals surface area contributed by atoms with Crippen LogP contribution in [0.1, 0.15) is 31.8 Å². The van der Waals surface area contributed by atoms with E-state index >= 15 is 0 Å². The monoisotopic (exact) mass is 297 g/mol. The predicted octanol–water partition coefficient (Wildman–Crippen LogP) is 2.35. The highest BCUT2D eigenvalue weighted by Crippen LogP contribution is 2.36. The first-order chi connectivity index (χ1) is 10.5. The molecule has 0 saturated carbocycles. The van der Waals surface area contributed by atoms with Crippen molar-refractivity contribution in [2.75, 3.05) is 12.4 Å². The lowest BCUT2D eigenvalue weighted by molar-refractivity contribution is 0.0977. The molecule has 2 aromatic carbocycles. The molecule has 0 heterocycles. The Morgan fingerprint density at radius 2 is 1.59 bits per heavy atom. The maximum absolute atomic E-state index is 12.6. The summed E-state index contributed by atoms with van der Waals surface area (Å²) in [7, 11) is 1.18. The Balaban J connectivity index is 2.25. The van der Waals surface area contributed by atoms with Crippen LogP contribution in [0.3, 0.4) is 0 Å². The number of anilines is 1. The molecule has 1 amide bonds. The number of ether oxygens (including phenoxy) is 1. The van der Waals surface area contributed by atoms with E-state index in [0.29, 0.717) is 0 Å². The number of carbonyl (C=O) groups is 3. The SMILES string of the molecule is COC(=O)Nc1ccc(O)c2c1C(=O)c1ccccc1C2=O. The number of amides is 1. The molecular weight excluding hydrogens is 286 g/mol. The van der Waals surface area contributed by atoms with E-state index < -0.39 is 17.7 Å². The van der Waals surface area contributed by atoms with Crippen LogP contribution in [0, 0.1) is 0 Å². The second-order valence-electron chi connectivity index (χ2n) is 4.70. The molecular formula is C16H11NO5. The minimum Gasteiger partial charge on any atom is -0.507 e. The molecule has 0 atom stereocenters. The van der Waals surface area contributed by atoms with Crippen molar-refractivity contribution in [3.8, 4) is 5.75 Å². The summed E-state index contributed by atoms with van der Waals surface area (Å²) >= 11 is 0. The standard InChI is InChI=1S/C16H11NO5/c1-22-16(21)17-10-6-7-11(18)13-12(10)14(19)8-4-2-3-5-9(8)15(13)20/h2-7,18H,1H3,(H,17,21). The molecule has 22 heavy (non-hydrogen) atoms. The van der Waals surface area contributed by atoms with Crippen molar-refractivity contribution in [1.29, 1.82) is 0 Å². The fraction of sp³-hybridized carbons (Fsp3) is 0.0625. The number of rotatable bonds is 1. The zero-order chi connectivity index (χ0) is 15.9. The third kappa shape index (κ3) is 1.93. The van der Waals surface area contributed by atoms with Crippen LogP contribution in [-0.4, -0.2) is 29.9 Å². The zero-order valence-corrected chi connectivity index (χ0v) is 11.5. The van der Waals surface area contributed by atoms with Gasteiger partial charge in [-0.15, -0.1) is 0 Å². The van der Waals surface area contributed by atoms with E-state index in [1.807, 2.05) is 0 Å². The van der Waals surface area contributed by atoms with Crippen LogP contribution < -0.4 is 5.32 Å². The van der Waals surface area contributed by atoms with Gasteiger partial charge in [0, 0.05) is 11.1 Å². The number of hydrogen-bond donors (Lipinski definition) is 2. The molecule has 0 unspecified atom stereocenters. The smallest absolute Gasteiger partial charge is 0.411 e. The summed E-state index contributed by atoms with van der Waals surface area (Å²) < 4.78 is 4.50. The van der Waals surface area contributed by atoms with Crippen molar-refractivity contribution < 1.29 is 24.2 Å². The summed E-state index contributed by atoms with van der Waals surface area (Å²) in [5.74, 6) is -1.21. The Morgan fingerprint density at radius 3 is 2.18 bits per heavy atom. The van der Waals surface area contributed by atoms with Crippen molar-refractivity contribution in [1.82, 2.24) is 0 Å². The summed E-state index contributed by atoms with van der Waals surface area (Å²) in [6, 6.07) is 8.95. The number of aromatic hydroxyl groups is 1. The number of carbonyl (C=O) groups excluding carboxylic acids is 3. The minimum absolute atomic E-state index is 0.0332. The molecule has 2 N–H and O–H groups in total. The third-order valence-electron chi connectivity index (χ3n) is 3.48. The van der Waals surface area contributed by atoms with Crippen LogP contribution in [0.4, 0.5) is 10.5 Å². The second kappa shape index (κ2) is 5.00. The lowest BCUT2D eigenvalue weighted by Crippen LogP contribution is -2.24. The molecule has 0 spiro atoms. The largest absolute Gasteiger partial charge is 0.507 e. The molecule has 6 nitrogen and oxygen atoms in total. The van der Waals surface area contributed by atoms with Gasteiger partial charge in [0.25, 0.3) is 0 Å². The van der Waals surface area contributed by atoms with Gasteiger partial charge in [0.15, 0.2) is 11.6 Å². The number of nitrogens with one attached hydrogen (secondary N) is 1. The summed E-state index contributed by atoms with van der Waals surface area (Å²) in [4.78, 5) is 36.6. The van der Waals surface area contributed by atoms with Gasteiger partial charge in [-0.05, 0) is 12.1 Å². The van der Waals surface area contributed by atoms with Crippen molar-refractivity contribution in [3.63, 3.8) is 0 Å². The number of phenols is 1. The Hall–Kier alpha value is -3.15. The van der Waals surface area contributed by atoms with Crippen molar-refractivity contribution in [2.45, 2.75) is 0 Å². The quantitative estimate of drug-likeness (QED) is 0.672. The average Bonchev–Trinajstić information content (AvgIpc) is 2.54. The van der Waals surface area contributed by atoms with Gasteiger partial charge < -0.3 is 9.84 Å². The number of fused-ring (bicyclic) bond motifs is 2. The van der Waals surface area contributed by atoms with Crippen LogP contribution in [0.2, 0.25) is 0 Å². The number of hydrogen-bond acceptors (Lipinski definition) is 5. The molecule has 0 bridgehead atoms. The van der Waals surface area contributed by atoms with E-state index in [4.69, 9.17) is 0 Å². The van der Waals surface area contributed by atoms with E-state index in [2.05, 4.69) is 10.1 Å². The van der Waals surface area contributed by atoms with Gasteiger partial charge >= 0.3 is 6.09 Å². The topological polar surface area (TPSA) is 92.7 Å². The lowest BCUT2D eigenvalue weighted by Gasteiger charge is -2.20. The fourth-order valence-corrected chi connectivity index (χ4v) is 2.47. The van der Waals surface area contributed by atoms with Gasteiger partial charge in [0.2, 0.25) is 0 Å². The molecule has 0 saturated heterocycles. The van der Waals surface area contributed by atoms with Crippen molar-refractivity contribution in [3.05, 3.63) is 58.7 Å². The van der Waals surface area contributed by atoms with Gasteiger partial charge in [-0.1, -0.05) is 24.3 Å². The third-order valence-corrected chi connectivity index (χ3v) is 3.48. The number of phenolic OH excluding ortho intramolecular Hbond substituents is 1. The fourth-order valence-electron chi connectivity index (χ4n) is 2.47. The van der Waals surface area contributed by atoms with Crippen LogP contribution >= 0.6 is 0 Å². The molecule has 0 fully saturated rings. The normalized spacial score (nSPS) is 12.4. The first kappa shape index (κ1) is 13.8. The zero-order valence-electron chi connectivity index (χ0n) is 11.5. The second-order valence-corrected chi connectivity index (χ2v) is 4.70. The van der Waals surface area contributed by atoms with Crippen molar-refractivity contribution in [2.24, 2.45) is 0 Å². The Kier molecular flexibility index (Phi) is 3.14. The number of benzene rings is 2. The highest BCUT2D eigenvalue weighted by molar-refractivity contribution is 6.31. The molecule has 3 rings (SSSR count). The Morgan fingerprint density at radius 1 is 1.00 bits per heavy atom. The molecule has 6 heteroatoms. The maximum atomic E-state index is 12.6. The summed E-state index contributed by atoms with van der Waals surface area (Å²) in [6.45, 7) is 0. The van der Waals surface area contributed by atoms with Crippen LogP contribution in [0.25, 0.3) is 0 Å². The van der Waals surface area contributed by atoms with Gasteiger partial charge in [0.1, 0.15) is 5.75 Å². The summed E-state index contributed by atoms with van der Waals surface area (Å²) in [5, 5.41) is 12.4. The number of ketones is 2. The van der Waals surface area contributed by atoms with Crippen molar-refractivity contribution >= 4 is 23.3 Å². The first-order valence-corrected chi connectivity index (χ1v) is 6.44. The molecule has 0 aromatic heterocycles.